The molecule has 0 amide bonds. The second-order valence-corrected chi connectivity index (χ2v) is 9.68. The molecule has 0 bridgehead atoms. The number of halogens is 1. The molecule has 0 aromatic heterocycles. The van der Waals surface area contributed by atoms with Crippen LogP contribution >= 0.6 is 12.4 Å². The summed E-state index contributed by atoms with van der Waals surface area (Å²) in [5, 5.41) is 3.20. The van der Waals surface area contributed by atoms with Crippen molar-refractivity contribution in [3.8, 4) is 0 Å². The Labute approximate surface area is 250 Å². The molecule has 0 aliphatic heterocycles. The first-order valence-corrected chi connectivity index (χ1v) is 13.8. The van der Waals surface area contributed by atoms with Gasteiger partial charge in [-0.3, -0.25) is 9.69 Å². The highest BCUT2D eigenvalue weighted by Crippen LogP contribution is 2.21. The van der Waals surface area contributed by atoms with Crippen molar-refractivity contribution in [3.05, 3.63) is 71.8 Å². The van der Waals surface area contributed by atoms with Gasteiger partial charge in [-0.05, 0) is 31.5 Å². The minimum Gasteiger partial charge on any atom is -0.354 e. The molecule has 2 rings (SSSR count). The van der Waals surface area contributed by atoms with E-state index in [1.54, 1.807) is 40.6 Å². The van der Waals surface area contributed by atoms with Crippen molar-refractivity contribution in [2.24, 2.45) is 11.8 Å². The normalized spacial score (nSPS) is 13.7. The van der Waals surface area contributed by atoms with Gasteiger partial charge in [-0.1, -0.05) is 101 Å². The highest BCUT2D eigenvalue weighted by molar-refractivity contribution is 5.85. The first kappa shape index (κ1) is 40.3. The number of nitrogens with zero attached hydrogens (tertiary/aromatic N) is 1. The molecule has 4 atom stereocenters. The number of hydrogen-bond donors (Lipinski definition) is 1. The van der Waals surface area contributed by atoms with Crippen molar-refractivity contribution >= 4 is 18.7 Å². The molecule has 2 aromatic rings. The predicted molar refractivity (Wildman–Crippen MR) is 168 cm³/mol. The fourth-order valence-corrected chi connectivity index (χ4v) is 4.37. The van der Waals surface area contributed by atoms with Gasteiger partial charge in [0.15, 0.2) is 12.6 Å². The number of benzene rings is 2. The largest absolute Gasteiger partial charge is 0.354 e. The van der Waals surface area contributed by atoms with Crippen LogP contribution in [0.15, 0.2) is 60.7 Å². The summed E-state index contributed by atoms with van der Waals surface area (Å²) in [4.78, 5) is 12.3. The lowest BCUT2D eigenvalue weighted by molar-refractivity contribution is -0.156. The standard InChI is InChI=1S/C16H27NO2.C9H21NO2.C7H6O.ClH/c1-6-13(2)15(16(18-4)19-5)17(3)12-14-10-8-7-9-11-14;1-6-7(2)8(10-3)9(11-4)12-5;8-6-7-4-2-1-3-5-7;/h7-11,13,15-16H,6,12H2,1-5H3;7-10H,6H2,1-5H3;1-6H;1H/t13-,15-;7-,8?;;/m00../s1. The second-order valence-electron chi connectivity index (χ2n) is 9.68. The van der Waals surface area contributed by atoms with Crippen molar-refractivity contribution in [1.82, 2.24) is 10.2 Å². The number of rotatable bonds is 15. The number of aldehydes is 1. The van der Waals surface area contributed by atoms with Gasteiger partial charge in [0, 0.05) is 40.5 Å². The average Bonchev–Trinajstić information content (AvgIpc) is 2.99. The Morgan fingerprint density at radius 1 is 0.775 bits per heavy atom. The van der Waals surface area contributed by atoms with Crippen LogP contribution in [-0.4, -0.2) is 78.4 Å². The fourth-order valence-electron chi connectivity index (χ4n) is 4.37. The Hall–Kier alpha value is -1.84. The van der Waals surface area contributed by atoms with Crippen molar-refractivity contribution in [2.45, 2.75) is 71.7 Å². The van der Waals surface area contributed by atoms with Crippen LogP contribution in [0.5, 0.6) is 0 Å². The third-order valence-electron chi connectivity index (χ3n) is 7.04. The average molecular weight is 583 g/mol. The molecule has 0 saturated heterocycles. The Kier molecular flexibility index (Phi) is 25.1. The first-order chi connectivity index (χ1) is 18.8. The van der Waals surface area contributed by atoms with Crippen LogP contribution in [0.3, 0.4) is 0 Å². The third kappa shape index (κ3) is 15.2. The molecule has 2 aromatic carbocycles. The maximum absolute atomic E-state index is 10.0. The minimum atomic E-state index is -0.191. The van der Waals surface area contributed by atoms with E-state index in [-0.39, 0.29) is 37.1 Å². The van der Waals surface area contributed by atoms with Crippen molar-refractivity contribution in [3.63, 3.8) is 0 Å². The summed E-state index contributed by atoms with van der Waals surface area (Å²) in [5.74, 6) is 1.07. The lowest BCUT2D eigenvalue weighted by Crippen LogP contribution is -2.47. The molecule has 0 heterocycles. The molecule has 0 saturated carbocycles. The van der Waals surface area contributed by atoms with Crippen LogP contribution in [0.4, 0.5) is 0 Å². The number of methoxy groups -OCH3 is 4. The summed E-state index contributed by atoms with van der Waals surface area (Å²) in [6.07, 6.45) is 2.72. The number of carbonyl (C=O) groups excluding carboxylic acids is 1. The van der Waals surface area contributed by atoms with E-state index in [9.17, 15) is 4.79 Å². The van der Waals surface area contributed by atoms with Gasteiger partial charge >= 0.3 is 0 Å². The summed E-state index contributed by atoms with van der Waals surface area (Å²) in [6.45, 7) is 9.70. The zero-order valence-corrected chi connectivity index (χ0v) is 27.1. The molecular formula is C32H55ClN2O5. The highest BCUT2D eigenvalue weighted by atomic mass is 35.5. The molecular weight excluding hydrogens is 528 g/mol. The number of likely N-dealkylation sites (N-methyl/N-ethyl adjacent to an activating group) is 2. The quantitative estimate of drug-likeness (QED) is 0.195. The van der Waals surface area contributed by atoms with Gasteiger partial charge in [0.25, 0.3) is 0 Å². The van der Waals surface area contributed by atoms with Crippen LogP contribution in [-0.2, 0) is 25.5 Å². The second kappa shape index (κ2) is 24.9. The monoisotopic (exact) mass is 582 g/mol. The van der Waals surface area contributed by atoms with E-state index in [0.29, 0.717) is 11.8 Å². The van der Waals surface area contributed by atoms with Gasteiger partial charge in [0.2, 0.25) is 0 Å². The van der Waals surface area contributed by atoms with E-state index in [4.69, 9.17) is 18.9 Å². The maximum Gasteiger partial charge on any atom is 0.172 e. The van der Waals surface area contributed by atoms with Crippen LogP contribution in [0.2, 0.25) is 0 Å². The Balaban J connectivity index is 0. The van der Waals surface area contributed by atoms with E-state index in [1.165, 1.54) is 5.56 Å². The molecule has 40 heavy (non-hydrogen) atoms. The van der Waals surface area contributed by atoms with Crippen LogP contribution in [0, 0.1) is 11.8 Å². The van der Waals surface area contributed by atoms with Gasteiger partial charge in [-0.25, -0.2) is 0 Å². The van der Waals surface area contributed by atoms with E-state index in [1.807, 2.05) is 31.3 Å². The van der Waals surface area contributed by atoms with Gasteiger partial charge in [0.05, 0.1) is 12.1 Å². The summed E-state index contributed by atoms with van der Waals surface area (Å²) < 4.78 is 21.3. The highest BCUT2D eigenvalue weighted by Gasteiger charge is 2.29. The number of carbonyl (C=O) groups is 1. The van der Waals surface area contributed by atoms with Crippen LogP contribution in [0.25, 0.3) is 0 Å². The number of nitrogens with one attached hydrogen (secondary N) is 1. The van der Waals surface area contributed by atoms with E-state index >= 15 is 0 Å². The lowest BCUT2D eigenvalue weighted by Gasteiger charge is -2.36. The van der Waals surface area contributed by atoms with Crippen molar-refractivity contribution in [2.75, 3.05) is 42.5 Å². The zero-order valence-electron chi connectivity index (χ0n) is 26.3. The molecule has 1 unspecified atom stereocenters. The Bertz CT molecular complexity index is 823. The Morgan fingerprint density at radius 3 is 1.57 bits per heavy atom. The summed E-state index contributed by atoms with van der Waals surface area (Å²) in [6, 6.07) is 20.1. The summed E-state index contributed by atoms with van der Waals surface area (Å²) in [7, 11) is 10.8. The van der Waals surface area contributed by atoms with Crippen LogP contribution < -0.4 is 5.32 Å². The summed E-state index contributed by atoms with van der Waals surface area (Å²) in [5.41, 5.74) is 2.04. The lowest BCUT2D eigenvalue weighted by atomic mass is 9.96. The van der Waals surface area contributed by atoms with Crippen molar-refractivity contribution < 1.29 is 23.7 Å². The molecule has 7 nitrogen and oxygen atoms in total. The molecule has 0 spiro atoms. The SMILES string of the molecule is CC[C@H](C)C(NC)C(OC)OC.CC[C@H](C)[C@@H](C(OC)OC)N(C)Cc1ccccc1.Cl.O=Cc1ccccc1. The van der Waals surface area contributed by atoms with E-state index < -0.39 is 0 Å². The summed E-state index contributed by atoms with van der Waals surface area (Å²) >= 11 is 0. The Morgan fingerprint density at radius 2 is 1.23 bits per heavy atom. The third-order valence-corrected chi connectivity index (χ3v) is 7.04. The topological polar surface area (TPSA) is 69.3 Å². The van der Waals surface area contributed by atoms with E-state index in [2.05, 4.69) is 69.2 Å². The van der Waals surface area contributed by atoms with Gasteiger partial charge in [0.1, 0.15) is 6.29 Å². The number of ether oxygens (including phenoxy) is 4. The minimum absolute atomic E-state index is 0. The fraction of sp³-hybridized carbons (Fsp3) is 0.594. The predicted octanol–water partition coefficient (Wildman–Crippen LogP) is 6.31. The van der Waals surface area contributed by atoms with Crippen LogP contribution in [0.1, 0.15) is 56.5 Å². The first-order valence-electron chi connectivity index (χ1n) is 13.8. The molecule has 230 valence electrons. The van der Waals surface area contributed by atoms with Gasteiger partial charge in [-0.2, -0.15) is 0 Å². The molecule has 8 heteroatoms. The zero-order chi connectivity index (χ0) is 29.6. The van der Waals surface area contributed by atoms with Gasteiger partial charge in [-0.15, -0.1) is 12.4 Å². The molecule has 0 aliphatic rings. The maximum atomic E-state index is 10.0. The molecule has 0 fully saturated rings. The number of hydrogen-bond acceptors (Lipinski definition) is 7. The molecule has 1 N–H and O–H groups in total. The van der Waals surface area contributed by atoms with E-state index in [0.717, 1.165) is 31.2 Å². The molecule has 0 radical (unpaired) electrons. The molecule has 0 aliphatic carbocycles. The van der Waals surface area contributed by atoms with Crippen molar-refractivity contribution in [1.29, 1.82) is 0 Å². The van der Waals surface area contributed by atoms with Gasteiger partial charge < -0.3 is 24.3 Å². The smallest absolute Gasteiger partial charge is 0.172 e.